The number of carbonyl (C=O) groups excluding carboxylic acids is 1. The third-order valence-corrected chi connectivity index (χ3v) is 3.90. The molecule has 19 heavy (non-hydrogen) atoms. The number of aliphatic imine (C=N–C) groups is 2. The summed E-state index contributed by atoms with van der Waals surface area (Å²) in [7, 11) is 0. The van der Waals surface area contributed by atoms with Crippen LogP contribution in [0.1, 0.15) is 18.4 Å². The summed E-state index contributed by atoms with van der Waals surface area (Å²) in [4.78, 5) is 20.1. The minimum Gasteiger partial charge on any atom is -0.267 e. The smallest absolute Gasteiger partial charge is 0.267 e. The first-order chi connectivity index (χ1) is 9.22. The number of fused-ring (bicyclic) bond motifs is 1. The first kappa shape index (κ1) is 12.3. The second kappa shape index (κ2) is 5.09. The molecule has 0 fully saturated rings. The number of halogens is 1. The second-order valence-corrected chi connectivity index (χ2v) is 5.27. The normalized spacial score (nSPS) is 17.7. The Morgan fingerprint density at radius 2 is 2.00 bits per heavy atom. The number of allylic oxidation sites excluding steroid dienone is 1. The third-order valence-electron chi connectivity index (χ3n) is 2.98. The number of rotatable bonds is 2. The number of benzene rings is 1. The average Bonchev–Trinajstić information content (AvgIpc) is 2.87. The predicted molar refractivity (Wildman–Crippen MR) is 74.9 cm³/mol. The van der Waals surface area contributed by atoms with Gasteiger partial charge in [-0.05, 0) is 30.5 Å². The maximum atomic E-state index is 12.8. The van der Waals surface area contributed by atoms with Gasteiger partial charge in [-0.25, -0.2) is 9.38 Å². The summed E-state index contributed by atoms with van der Waals surface area (Å²) in [5.41, 5.74) is 2.49. The molecule has 5 heteroatoms. The molecule has 96 valence electrons. The number of hydrogen-bond acceptors (Lipinski definition) is 3. The summed E-state index contributed by atoms with van der Waals surface area (Å²) in [6.07, 6.45) is 3.58. The zero-order valence-electron chi connectivity index (χ0n) is 10.1. The van der Waals surface area contributed by atoms with Crippen molar-refractivity contribution in [1.29, 1.82) is 0 Å². The van der Waals surface area contributed by atoms with Crippen molar-refractivity contribution in [2.45, 2.75) is 18.6 Å². The lowest BCUT2D eigenvalue weighted by Gasteiger charge is -2.09. The molecule has 0 bridgehead atoms. The van der Waals surface area contributed by atoms with Gasteiger partial charge in [0.2, 0.25) is 0 Å². The average molecular weight is 274 g/mol. The summed E-state index contributed by atoms with van der Waals surface area (Å²) < 4.78 is 12.8. The van der Waals surface area contributed by atoms with Crippen molar-refractivity contribution in [1.82, 2.24) is 0 Å². The van der Waals surface area contributed by atoms with Crippen LogP contribution in [0.5, 0.6) is 0 Å². The van der Waals surface area contributed by atoms with Crippen LogP contribution in [0.15, 0.2) is 45.9 Å². The Kier molecular flexibility index (Phi) is 3.29. The van der Waals surface area contributed by atoms with Gasteiger partial charge in [0.25, 0.3) is 5.91 Å². The minimum absolute atomic E-state index is 0.191. The molecule has 1 aromatic rings. The quantitative estimate of drug-likeness (QED) is 0.831. The Morgan fingerprint density at radius 3 is 2.79 bits per heavy atom. The van der Waals surface area contributed by atoms with Crippen LogP contribution in [-0.2, 0) is 10.5 Å². The zero-order valence-corrected chi connectivity index (χ0v) is 10.9. The van der Waals surface area contributed by atoms with Crippen LogP contribution in [0, 0.1) is 5.82 Å². The number of thioether (sulfide) groups is 1. The van der Waals surface area contributed by atoms with Crippen molar-refractivity contribution in [3.63, 3.8) is 0 Å². The van der Waals surface area contributed by atoms with Gasteiger partial charge >= 0.3 is 0 Å². The van der Waals surface area contributed by atoms with Gasteiger partial charge < -0.3 is 0 Å². The van der Waals surface area contributed by atoms with E-state index >= 15 is 0 Å². The van der Waals surface area contributed by atoms with E-state index in [-0.39, 0.29) is 11.7 Å². The van der Waals surface area contributed by atoms with Gasteiger partial charge in [-0.1, -0.05) is 30.0 Å². The summed E-state index contributed by atoms with van der Waals surface area (Å²) in [6, 6.07) is 6.30. The van der Waals surface area contributed by atoms with Crippen molar-refractivity contribution in [2.75, 3.05) is 0 Å². The zero-order chi connectivity index (χ0) is 13.2. The molecule has 1 aliphatic heterocycles. The molecular formula is C14H11FN2OS. The Morgan fingerprint density at radius 1 is 1.21 bits per heavy atom. The highest BCUT2D eigenvalue weighted by molar-refractivity contribution is 8.13. The fourth-order valence-electron chi connectivity index (χ4n) is 2.01. The van der Waals surface area contributed by atoms with E-state index in [9.17, 15) is 9.18 Å². The topological polar surface area (TPSA) is 41.8 Å². The largest absolute Gasteiger partial charge is 0.280 e. The number of nitrogens with zero attached hydrogens (tertiary/aromatic N) is 2. The van der Waals surface area contributed by atoms with E-state index in [0.717, 1.165) is 24.1 Å². The first-order valence-electron chi connectivity index (χ1n) is 6.01. The maximum Gasteiger partial charge on any atom is 0.280 e. The van der Waals surface area contributed by atoms with Crippen LogP contribution in [0.25, 0.3) is 0 Å². The molecule has 0 saturated carbocycles. The molecule has 0 aromatic heterocycles. The summed E-state index contributed by atoms with van der Waals surface area (Å²) in [6.45, 7) is 0. The van der Waals surface area contributed by atoms with Crippen molar-refractivity contribution in [3.8, 4) is 0 Å². The molecule has 2 aliphatic rings. The molecule has 1 aromatic carbocycles. The standard InChI is InChI=1S/C14H11FN2OS/c15-10-6-4-9(5-7-10)8-19-14-16-12-3-1-2-11(12)13(18)17-14/h2,4-7H,1,3,8H2. The number of amides is 1. The van der Waals surface area contributed by atoms with Crippen molar-refractivity contribution in [2.24, 2.45) is 9.98 Å². The van der Waals surface area contributed by atoms with Crippen molar-refractivity contribution in [3.05, 3.63) is 47.3 Å². The lowest BCUT2D eigenvalue weighted by Crippen LogP contribution is -2.15. The minimum atomic E-state index is -0.250. The molecule has 0 radical (unpaired) electrons. The van der Waals surface area contributed by atoms with Gasteiger partial charge in [0.1, 0.15) is 5.82 Å². The Labute approximate surface area is 114 Å². The van der Waals surface area contributed by atoms with Crippen LogP contribution in [0.4, 0.5) is 4.39 Å². The predicted octanol–water partition coefficient (Wildman–Crippen LogP) is 3.12. The molecule has 3 rings (SSSR count). The molecule has 0 atom stereocenters. The Bertz CT molecular complexity index is 617. The van der Waals surface area contributed by atoms with Crippen LogP contribution < -0.4 is 0 Å². The molecule has 1 aliphatic carbocycles. The molecule has 0 spiro atoms. The van der Waals surface area contributed by atoms with Gasteiger partial charge in [-0.15, -0.1) is 0 Å². The summed E-state index contributed by atoms with van der Waals surface area (Å²) >= 11 is 1.40. The van der Waals surface area contributed by atoms with Crippen LogP contribution in [0.2, 0.25) is 0 Å². The van der Waals surface area contributed by atoms with Gasteiger partial charge in [-0.3, -0.25) is 4.79 Å². The monoisotopic (exact) mass is 274 g/mol. The molecule has 1 heterocycles. The van der Waals surface area contributed by atoms with Crippen molar-refractivity contribution >= 4 is 28.5 Å². The fourth-order valence-corrected chi connectivity index (χ4v) is 2.82. The molecule has 3 nitrogen and oxygen atoms in total. The fraction of sp³-hybridized carbons (Fsp3) is 0.214. The summed E-state index contributed by atoms with van der Waals surface area (Å²) in [5, 5.41) is 0.503. The van der Waals surface area contributed by atoms with E-state index in [1.165, 1.54) is 23.9 Å². The number of amidine groups is 1. The van der Waals surface area contributed by atoms with E-state index in [0.29, 0.717) is 16.5 Å². The van der Waals surface area contributed by atoms with Crippen LogP contribution >= 0.6 is 11.8 Å². The van der Waals surface area contributed by atoms with Gasteiger partial charge in [0.05, 0.1) is 11.3 Å². The lowest BCUT2D eigenvalue weighted by atomic mass is 10.2. The lowest BCUT2D eigenvalue weighted by molar-refractivity contribution is -0.113. The number of carbonyl (C=O) groups is 1. The van der Waals surface area contributed by atoms with E-state index in [1.807, 2.05) is 6.08 Å². The number of hydrogen-bond donors (Lipinski definition) is 0. The van der Waals surface area contributed by atoms with Crippen LogP contribution in [0.3, 0.4) is 0 Å². The molecular weight excluding hydrogens is 263 g/mol. The van der Waals surface area contributed by atoms with Crippen molar-refractivity contribution < 1.29 is 9.18 Å². The SMILES string of the molecule is O=C1N=C(SCc2ccc(F)cc2)N=C2CCC=C12. The Balaban J connectivity index is 1.69. The van der Waals surface area contributed by atoms with E-state index < -0.39 is 0 Å². The molecule has 0 saturated heterocycles. The van der Waals surface area contributed by atoms with E-state index in [2.05, 4.69) is 9.98 Å². The molecule has 1 amide bonds. The highest BCUT2D eigenvalue weighted by Crippen LogP contribution is 2.24. The second-order valence-electron chi connectivity index (χ2n) is 4.33. The van der Waals surface area contributed by atoms with Gasteiger partial charge in [0, 0.05) is 5.75 Å². The first-order valence-corrected chi connectivity index (χ1v) is 6.99. The third kappa shape index (κ3) is 2.66. The van der Waals surface area contributed by atoms with Gasteiger partial charge in [-0.2, -0.15) is 4.99 Å². The highest BCUT2D eigenvalue weighted by Gasteiger charge is 2.24. The van der Waals surface area contributed by atoms with E-state index in [1.54, 1.807) is 12.1 Å². The Hall–Kier alpha value is -1.75. The maximum absolute atomic E-state index is 12.8. The molecule has 0 unspecified atom stereocenters. The van der Waals surface area contributed by atoms with E-state index in [4.69, 9.17) is 0 Å². The summed E-state index contributed by atoms with van der Waals surface area (Å²) in [5.74, 6) is 0.186. The highest BCUT2D eigenvalue weighted by atomic mass is 32.2. The molecule has 0 N–H and O–H groups in total. The van der Waals surface area contributed by atoms with Gasteiger partial charge in [0.15, 0.2) is 5.17 Å². The van der Waals surface area contributed by atoms with Crippen LogP contribution in [-0.4, -0.2) is 16.8 Å².